The number of benzene rings is 2. The van der Waals surface area contributed by atoms with Crippen molar-refractivity contribution >= 4 is 17.6 Å². The smallest absolute Gasteiger partial charge is 0.337 e. The predicted octanol–water partition coefficient (Wildman–Crippen LogP) is 2.62. The van der Waals surface area contributed by atoms with E-state index < -0.39 is 5.97 Å². The molecule has 1 aliphatic rings. The molecule has 1 saturated heterocycles. The summed E-state index contributed by atoms with van der Waals surface area (Å²) in [5, 5.41) is 2.79. The first-order valence-electron chi connectivity index (χ1n) is 8.63. The van der Waals surface area contributed by atoms with Gasteiger partial charge in [-0.15, -0.1) is 0 Å². The van der Waals surface area contributed by atoms with Crippen LogP contribution in [0.25, 0.3) is 0 Å². The molecule has 1 heterocycles. The van der Waals surface area contributed by atoms with Crippen LogP contribution in [0.1, 0.15) is 22.0 Å². The molecule has 27 heavy (non-hydrogen) atoms. The topological polar surface area (TPSA) is 67.9 Å². The number of methoxy groups -OCH3 is 1. The minimum Gasteiger partial charge on any atom is -0.465 e. The largest absolute Gasteiger partial charge is 0.465 e. The summed E-state index contributed by atoms with van der Waals surface area (Å²) in [6.45, 7) is 1.87. The summed E-state index contributed by atoms with van der Waals surface area (Å²) in [5.41, 5.74) is 1.79. The fourth-order valence-electron chi connectivity index (χ4n) is 2.97. The Hall–Kier alpha value is -2.77. The summed E-state index contributed by atoms with van der Waals surface area (Å²) in [7, 11) is 1.31. The van der Waals surface area contributed by atoms with Gasteiger partial charge >= 0.3 is 5.97 Å². The number of rotatable bonds is 5. The number of carbonyl (C=O) groups excluding carboxylic acids is 2. The lowest BCUT2D eigenvalue weighted by molar-refractivity contribution is -0.119. The molecule has 0 spiro atoms. The molecule has 142 valence electrons. The fourth-order valence-corrected chi connectivity index (χ4v) is 2.97. The predicted molar refractivity (Wildman–Crippen MR) is 97.9 cm³/mol. The molecule has 1 fully saturated rings. The van der Waals surface area contributed by atoms with Crippen molar-refractivity contribution in [3.63, 3.8) is 0 Å². The molecular formula is C20H21FN2O4. The Morgan fingerprint density at radius 1 is 1.26 bits per heavy atom. The molecule has 1 aliphatic heterocycles. The molecule has 0 aliphatic carbocycles. The third-order valence-corrected chi connectivity index (χ3v) is 4.33. The Bertz CT molecular complexity index is 810. The highest BCUT2D eigenvalue weighted by Crippen LogP contribution is 2.22. The van der Waals surface area contributed by atoms with Gasteiger partial charge in [-0.25, -0.2) is 9.18 Å². The lowest BCUT2D eigenvalue weighted by atomic mass is 10.1. The molecule has 0 aromatic heterocycles. The second-order valence-corrected chi connectivity index (χ2v) is 6.27. The third-order valence-electron chi connectivity index (χ3n) is 4.33. The average Bonchev–Trinajstić information content (AvgIpc) is 2.68. The van der Waals surface area contributed by atoms with E-state index in [-0.39, 0.29) is 24.4 Å². The number of carbonyl (C=O) groups is 2. The minimum atomic E-state index is -0.457. The number of esters is 1. The molecule has 0 radical (unpaired) electrons. The van der Waals surface area contributed by atoms with E-state index in [1.54, 1.807) is 36.4 Å². The van der Waals surface area contributed by atoms with E-state index >= 15 is 0 Å². The molecule has 2 aromatic rings. The number of amides is 1. The molecule has 0 saturated carbocycles. The van der Waals surface area contributed by atoms with Gasteiger partial charge in [-0.2, -0.15) is 0 Å². The standard InChI is InChI=1S/C20H21FN2O4/c1-26-20(25)15-3-2-4-17(11-15)22-19(24)13-23-9-10-27-18(12-23)14-5-7-16(21)8-6-14/h2-8,11,18H,9-10,12-13H2,1H3,(H,22,24). The van der Waals surface area contributed by atoms with Crippen LogP contribution in [0.15, 0.2) is 48.5 Å². The number of nitrogens with zero attached hydrogens (tertiary/aromatic N) is 1. The second-order valence-electron chi connectivity index (χ2n) is 6.27. The number of morpholine rings is 1. The molecule has 1 atom stereocenters. The molecule has 1 amide bonds. The van der Waals surface area contributed by atoms with Gasteiger partial charge in [0.15, 0.2) is 0 Å². The van der Waals surface area contributed by atoms with Crippen LogP contribution in [0.4, 0.5) is 10.1 Å². The van der Waals surface area contributed by atoms with E-state index in [1.165, 1.54) is 19.2 Å². The van der Waals surface area contributed by atoms with Crippen LogP contribution >= 0.6 is 0 Å². The maximum absolute atomic E-state index is 13.1. The quantitative estimate of drug-likeness (QED) is 0.818. The average molecular weight is 372 g/mol. The SMILES string of the molecule is COC(=O)c1cccc(NC(=O)CN2CCOC(c3ccc(F)cc3)C2)c1. The van der Waals surface area contributed by atoms with Gasteiger partial charge in [-0.1, -0.05) is 18.2 Å². The van der Waals surface area contributed by atoms with Crippen molar-refractivity contribution < 1.29 is 23.5 Å². The van der Waals surface area contributed by atoms with E-state index in [0.717, 1.165) is 5.56 Å². The van der Waals surface area contributed by atoms with Crippen molar-refractivity contribution in [2.45, 2.75) is 6.10 Å². The van der Waals surface area contributed by atoms with Gasteiger partial charge in [0, 0.05) is 18.8 Å². The van der Waals surface area contributed by atoms with Gasteiger partial charge in [0.25, 0.3) is 0 Å². The maximum atomic E-state index is 13.1. The zero-order valence-electron chi connectivity index (χ0n) is 15.0. The van der Waals surface area contributed by atoms with Gasteiger partial charge in [0.05, 0.1) is 31.9 Å². The number of anilines is 1. The van der Waals surface area contributed by atoms with Crippen LogP contribution < -0.4 is 5.32 Å². The first-order valence-corrected chi connectivity index (χ1v) is 8.63. The van der Waals surface area contributed by atoms with Crippen LogP contribution in [0.2, 0.25) is 0 Å². The zero-order chi connectivity index (χ0) is 19.2. The van der Waals surface area contributed by atoms with Gasteiger partial charge in [0.2, 0.25) is 5.91 Å². The van der Waals surface area contributed by atoms with E-state index in [1.807, 2.05) is 4.90 Å². The second kappa shape index (κ2) is 8.75. The van der Waals surface area contributed by atoms with Gasteiger partial charge < -0.3 is 14.8 Å². The zero-order valence-corrected chi connectivity index (χ0v) is 15.0. The Kier molecular flexibility index (Phi) is 6.16. The van der Waals surface area contributed by atoms with E-state index in [9.17, 15) is 14.0 Å². The highest BCUT2D eigenvalue weighted by Gasteiger charge is 2.23. The van der Waals surface area contributed by atoms with Crippen molar-refractivity contribution in [2.75, 3.05) is 38.7 Å². The normalized spacial score (nSPS) is 17.3. The van der Waals surface area contributed by atoms with Crippen LogP contribution in [0.5, 0.6) is 0 Å². The minimum absolute atomic E-state index is 0.184. The summed E-state index contributed by atoms with van der Waals surface area (Å²) in [5.74, 6) is -0.932. The highest BCUT2D eigenvalue weighted by molar-refractivity contribution is 5.95. The van der Waals surface area contributed by atoms with Gasteiger partial charge in [-0.3, -0.25) is 9.69 Å². The third kappa shape index (κ3) is 5.12. The van der Waals surface area contributed by atoms with Gasteiger partial charge in [0.1, 0.15) is 5.82 Å². The van der Waals surface area contributed by atoms with Gasteiger partial charge in [-0.05, 0) is 35.9 Å². The van der Waals surface area contributed by atoms with E-state index in [4.69, 9.17) is 4.74 Å². The van der Waals surface area contributed by atoms with Crippen LogP contribution in [-0.2, 0) is 14.3 Å². The summed E-state index contributed by atoms with van der Waals surface area (Å²) < 4.78 is 23.5. The Morgan fingerprint density at radius 3 is 2.78 bits per heavy atom. The van der Waals surface area contributed by atoms with E-state index in [2.05, 4.69) is 10.1 Å². The molecule has 2 aromatic carbocycles. The van der Waals surface area contributed by atoms with Crippen LogP contribution in [-0.4, -0.2) is 50.1 Å². The molecule has 1 unspecified atom stereocenters. The number of halogens is 1. The van der Waals surface area contributed by atoms with Crippen molar-refractivity contribution in [3.8, 4) is 0 Å². The van der Waals surface area contributed by atoms with Crippen molar-refractivity contribution in [1.29, 1.82) is 0 Å². The molecule has 7 heteroatoms. The lowest BCUT2D eigenvalue weighted by Gasteiger charge is -2.32. The van der Waals surface area contributed by atoms with Crippen LogP contribution in [0.3, 0.4) is 0 Å². The molecular weight excluding hydrogens is 351 g/mol. The maximum Gasteiger partial charge on any atom is 0.337 e. The van der Waals surface area contributed by atoms with Crippen molar-refractivity contribution in [2.24, 2.45) is 0 Å². The Morgan fingerprint density at radius 2 is 2.04 bits per heavy atom. The molecule has 1 N–H and O–H groups in total. The highest BCUT2D eigenvalue weighted by atomic mass is 19.1. The van der Waals surface area contributed by atoms with Crippen molar-refractivity contribution in [3.05, 3.63) is 65.5 Å². The van der Waals surface area contributed by atoms with E-state index in [0.29, 0.717) is 30.9 Å². The van der Waals surface area contributed by atoms with Crippen LogP contribution in [0, 0.1) is 5.82 Å². The fraction of sp³-hybridized carbons (Fsp3) is 0.300. The monoisotopic (exact) mass is 372 g/mol. The van der Waals surface area contributed by atoms with Crippen molar-refractivity contribution in [1.82, 2.24) is 4.90 Å². The Labute approximate surface area is 156 Å². The number of hydrogen-bond acceptors (Lipinski definition) is 5. The first-order chi connectivity index (χ1) is 13.0. The Balaban J connectivity index is 1.57. The summed E-state index contributed by atoms with van der Waals surface area (Å²) in [6.07, 6.45) is -0.199. The molecule has 6 nitrogen and oxygen atoms in total. The number of hydrogen-bond donors (Lipinski definition) is 1. The molecule has 0 bridgehead atoms. The summed E-state index contributed by atoms with van der Waals surface area (Å²) >= 11 is 0. The summed E-state index contributed by atoms with van der Waals surface area (Å²) in [4.78, 5) is 25.9. The lowest BCUT2D eigenvalue weighted by Crippen LogP contribution is -2.42. The number of nitrogens with one attached hydrogen (secondary N) is 1. The number of ether oxygens (including phenoxy) is 2. The summed E-state index contributed by atoms with van der Waals surface area (Å²) in [6, 6.07) is 12.8. The first kappa shape index (κ1) is 19.0. The molecule has 3 rings (SSSR count).